The number of carbonyl (C=O) groups is 1. The van der Waals surface area contributed by atoms with Crippen LogP contribution in [0.1, 0.15) is 16.7 Å². The van der Waals surface area contributed by atoms with Crippen LogP contribution in [0.3, 0.4) is 0 Å². The maximum atomic E-state index is 10.2. The van der Waals surface area contributed by atoms with E-state index in [1.165, 1.54) is 5.56 Å². The molecule has 68 valence electrons. The number of carboxylic acids is 1. The van der Waals surface area contributed by atoms with E-state index in [4.69, 9.17) is 0 Å². The largest absolute Gasteiger partial charge is 0.545 e. The molecule has 0 heterocycles. The number of benzene rings is 1. The molecule has 0 amide bonds. The summed E-state index contributed by atoms with van der Waals surface area (Å²) < 4.78 is 0. The average molecular weight is 175 g/mol. The Morgan fingerprint density at radius 2 is 2.08 bits per heavy atom. The lowest BCUT2D eigenvalue weighted by Gasteiger charge is -2.01. The van der Waals surface area contributed by atoms with Crippen LogP contribution >= 0.6 is 0 Å². The Hall–Kier alpha value is -1.57. The van der Waals surface area contributed by atoms with Crippen LogP contribution in [-0.4, -0.2) is 5.97 Å². The van der Waals surface area contributed by atoms with Gasteiger partial charge < -0.3 is 9.90 Å². The summed E-state index contributed by atoms with van der Waals surface area (Å²) in [5, 5.41) is 10.2. The molecule has 1 aromatic carbocycles. The molecule has 2 nitrogen and oxygen atoms in total. The molecule has 0 aromatic heterocycles. The van der Waals surface area contributed by atoms with Crippen molar-refractivity contribution in [2.75, 3.05) is 0 Å². The van der Waals surface area contributed by atoms with E-state index in [-0.39, 0.29) is 0 Å². The summed E-state index contributed by atoms with van der Waals surface area (Å²) in [5.41, 5.74) is 3.15. The summed E-state index contributed by atoms with van der Waals surface area (Å²) in [7, 11) is 0. The zero-order valence-corrected chi connectivity index (χ0v) is 7.70. The number of hydrogen-bond acceptors (Lipinski definition) is 2. The molecule has 1 aromatic rings. The van der Waals surface area contributed by atoms with E-state index in [0.717, 1.165) is 17.2 Å². The first-order chi connectivity index (χ1) is 6.09. The Morgan fingerprint density at radius 1 is 1.38 bits per heavy atom. The normalized spacial score (nSPS) is 10.6. The van der Waals surface area contributed by atoms with Crippen molar-refractivity contribution < 1.29 is 9.90 Å². The van der Waals surface area contributed by atoms with Crippen molar-refractivity contribution >= 4 is 12.0 Å². The second-order valence-electron chi connectivity index (χ2n) is 3.01. The van der Waals surface area contributed by atoms with Gasteiger partial charge in [-0.2, -0.15) is 0 Å². The number of hydrogen-bond donors (Lipinski definition) is 0. The maximum absolute atomic E-state index is 10.2. The van der Waals surface area contributed by atoms with Crippen molar-refractivity contribution in [1.29, 1.82) is 0 Å². The zero-order valence-electron chi connectivity index (χ0n) is 7.70. The fourth-order valence-corrected chi connectivity index (χ4v) is 1.17. The molecule has 0 bridgehead atoms. The smallest absolute Gasteiger partial charge is 0.0643 e. The Morgan fingerprint density at radius 3 is 2.62 bits per heavy atom. The molecule has 0 fully saturated rings. The lowest BCUT2D eigenvalue weighted by molar-refractivity contribution is -0.297. The van der Waals surface area contributed by atoms with Crippen molar-refractivity contribution in [3.63, 3.8) is 0 Å². The third-order valence-electron chi connectivity index (χ3n) is 1.82. The Kier molecular flexibility index (Phi) is 2.85. The topological polar surface area (TPSA) is 40.1 Å². The second kappa shape index (κ2) is 3.90. The van der Waals surface area contributed by atoms with Gasteiger partial charge in [-0.05, 0) is 31.1 Å². The first kappa shape index (κ1) is 9.52. The zero-order chi connectivity index (χ0) is 9.84. The Bertz CT molecular complexity index is 351. The molecule has 2 heteroatoms. The van der Waals surface area contributed by atoms with Gasteiger partial charge in [0.1, 0.15) is 0 Å². The highest BCUT2D eigenvalue weighted by molar-refractivity contribution is 5.83. The summed E-state index contributed by atoms with van der Waals surface area (Å²) >= 11 is 0. The van der Waals surface area contributed by atoms with Gasteiger partial charge in [0, 0.05) is 0 Å². The van der Waals surface area contributed by atoms with E-state index in [0.29, 0.717) is 0 Å². The van der Waals surface area contributed by atoms with Crippen molar-refractivity contribution in [3.05, 3.63) is 41.0 Å². The molecule has 0 saturated carbocycles. The number of aryl methyl sites for hydroxylation is 2. The highest BCUT2D eigenvalue weighted by atomic mass is 16.4. The molecule has 0 spiro atoms. The minimum Gasteiger partial charge on any atom is -0.545 e. The highest BCUT2D eigenvalue weighted by Gasteiger charge is 1.93. The monoisotopic (exact) mass is 175 g/mol. The van der Waals surface area contributed by atoms with Crippen LogP contribution in [-0.2, 0) is 4.79 Å². The van der Waals surface area contributed by atoms with Crippen molar-refractivity contribution in [3.8, 4) is 0 Å². The number of aliphatic carboxylic acids is 1. The van der Waals surface area contributed by atoms with Gasteiger partial charge in [-0.25, -0.2) is 0 Å². The molecule has 0 saturated heterocycles. The van der Waals surface area contributed by atoms with Gasteiger partial charge in [0.2, 0.25) is 0 Å². The standard InChI is InChI=1S/C11H12O2/c1-8-3-4-10(9(2)7-8)5-6-11(12)13/h3-7H,1-2H3,(H,12,13)/p-1/b6-5+. The highest BCUT2D eigenvalue weighted by Crippen LogP contribution is 2.11. The molecule has 0 radical (unpaired) electrons. The predicted octanol–water partition coefficient (Wildman–Crippen LogP) is 1.07. The van der Waals surface area contributed by atoms with Gasteiger partial charge in [-0.15, -0.1) is 0 Å². The number of carboxylic acid groups (broad SMARTS) is 1. The fourth-order valence-electron chi connectivity index (χ4n) is 1.17. The van der Waals surface area contributed by atoms with Gasteiger partial charge in [0.05, 0.1) is 5.97 Å². The summed E-state index contributed by atoms with van der Waals surface area (Å²) in [4.78, 5) is 10.2. The summed E-state index contributed by atoms with van der Waals surface area (Å²) in [6, 6.07) is 5.85. The van der Waals surface area contributed by atoms with Crippen LogP contribution in [0.15, 0.2) is 24.3 Å². The van der Waals surface area contributed by atoms with Gasteiger partial charge >= 0.3 is 0 Å². The minimum absolute atomic E-state index is 0.912. The molecular weight excluding hydrogens is 164 g/mol. The molecule has 0 aliphatic rings. The van der Waals surface area contributed by atoms with Gasteiger partial charge in [-0.1, -0.05) is 29.8 Å². The molecule has 1 rings (SSSR count). The molecule has 0 aliphatic heterocycles. The summed E-state index contributed by atoms with van der Waals surface area (Å²) in [6.07, 6.45) is 2.59. The van der Waals surface area contributed by atoms with Crippen molar-refractivity contribution in [2.45, 2.75) is 13.8 Å². The van der Waals surface area contributed by atoms with Crippen molar-refractivity contribution in [2.24, 2.45) is 0 Å². The lowest BCUT2D eigenvalue weighted by atomic mass is 10.1. The third-order valence-corrected chi connectivity index (χ3v) is 1.82. The van der Waals surface area contributed by atoms with Crippen LogP contribution in [0.25, 0.3) is 6.08 Å². The molecular formula is C11H11O2-. The van der Waals surface area contributed by atoms with E-state index in [1.54, 1.807) is 6.08 Å². The second-order valence-corrected chi connectivity index (χ2v) is 3.01. The van der Waals surface area contributed by atoms with E-state index >= 15 is 0 Å². The summed E-state index contributed by atoms with van der Waals surface area (Å²) in [6.45, 7) is 3.95. The van der Waals surface area contributed by atoms with Crippen LogP contribution in [0, 0.1) is 13.8 Å². The van der Waals surface area contributed by atoms with Crippen LogP contribution in [0.5, 0.6) is 0 Å². The van der Waals surface area contributed by atoms with Crippen LogP contribution in [0.2, 0.25) is 0 Å². The first-order valence-corrected chi connectivity index (χ1v) is 4.06. The maximum Gasteiger partial charge on any atom is 0.0643 e. The van der Waals surface area contributed by atoms with E-state index < -0.39 is 5.97 Å². The Balaban J connectivity index is 2.96. The minimum atomic E-state index is -1.17. The fraction of sp³-hybridized carbons (Fsp3) is 0.182. The quantitative estimate of drug-likeness (QED) is 0.631. The van der Waals surface area contributed by atoms with Gasteiger partial charge in [0.25, 0.3) is 0 Å². The third kappa shape index (κ3) is 2.75. The number of carbonyl (C=O) groups excluding carboxylic acids is 1. The van der Waals surface area contributed by atoms with Crippen LogP contribution in [0.4, 0.5) is 0 Å². The SMILES string of the molecule is Cc1ccc(/C=C/C(=O)[O-])c(C)c1. The summed E-state index contributed by atoms with van der Waals surface area (Å²) in [5.74, 6) is -1.17. The number of rotatable bonds is 2. The lowest BCUT2D eigenvalue weighted by Crippen LogP contribution is -2.18. The first-order valence-electron chi connectivity index (χ1n) is 4.06. The average Bonchev–Trinajstić information content (AvgIpc) is 2.02. The molecule has 0 N–H and O–H groups in total. The van der Waals surface area contributed by atoms with E-state index in [2.05, 4.69) is 0 Å². The van der Waals surface area contributed by atoms with Crippen molar-refractivity contribution in [1.82, 2.24) is 0 Å². The molecule has 13 heavy (non-hydrogen) atoms. The predicted molar refractivity (Wildman–Crippen MR) is 50.0 cm³/mol. The van der Waals surface area contributed by atoms with E-state index in [1.807, 2.05) is 32.0 Å². The van der Waals surface area contributed by atoms with Crippen LogP contribution < -0.4 is 5.11 Å². The molecule has 0 unspecified atom stereocenters. The van der Waals surface area contributed by atoms with E-state index in [9.17, 15) is 9.90 Å². The van der Waals surface area contributed by atoms with Gasteiger partial charge in [0.15, 0.2) is 0 Å². The molecule has 0 atom stereocenters. The van der Waals surface area contributed by atoms with Gasteiger partial charge in [-0.3, -0.25) is 0 Å². The Labute approximate surface area is 77.5 Å². The molecule has 0 aliphatic carbocycles.